The Balaban J connectivity index is 1.77. The molecule has 0 aliphatic carbocycles. The highest BCUT2D eigenvalue weighted by atomic mass is 16.6. The Morgan fingerprint density at radius 2 is 1.72 bits per heavy atom. The predicted octanol–water partition coefficient (Wildman–Crippen LogP) is 0.330. The molecule has 6 atom stereocenters. The van der Waals surface area contributed by atoms with Gasteiger partial charge in [0.25, 0.3) is 0 Å². The first-order valence-electron chi connectivity index (χ1n) is 10.4. The highest BCUT2D eigenvalue weighted by Crippen LogP contribution is 2.32. The van der Waals surface area contributed by atoms with Crippen LogP contribution in [0.2, 0.25) is 0 Å². The second-order valence-electron chi connectivity index (χ2n) is 8.72. The molecule has 0 spiro atoms. The number of rotatable bonds is 8. The van der Waals surface area contributed by atoms with Crippen LogP contribution >= 0.6 is 0 Å². The van der Waals surface area contributed by atoms with Crippen LogP contribution in [0, 0.1) is 0 Å². The van der Waals surface area contributed by atoms with Crippen LogP contribution in [0.4, 0.5) is 0 Å². The number of likely N-dealkylation sites (N-methyl/N-ethyl adjacent to an activating group) is 1. The first kappa shape index (κ1) is 24.2. The van der Waals surface area contributed by atoms with Crippen molar-refractivity contribution in [1.29, 1.82) is 0 Å². The quantitative estimate of drug-likeness (QED) is 0.426. The number of ether oxygens (including phenoxy) is 2. The molecular formula is C23H31N2O7+. The fourth-order valence-electron chi connectivity index (χ4n) is 3.96. The summed E-state index contributed by atoms with van der Waals surface area (Å²) in [6.45, 7) is 2.47. The lowest BCUT2D eigenvalue weighted by Gasteiger charge is -2.46. The minimum atomic E-state index is -1.72. The predicted molar refractivity (Wildman–Crippen MR) is 114 cm³/mol. The summed E-state index contributed by atoms with van der Waals surface area (Å²) in [6, 6.07) is 15.3. The van der Waals surface area contributed by atoms with Gasteiger partial charge in [0.1, 0.15) is 24.4 Å². The molecule has 0 amide bonds. The van der Waals surface area contributed by atoms with Crippen molar-refractivity contribution in [3.8, 4) is 0 Å². The molecule has 1 aromatic heterocycles. The Bertz CT molecular complexity index is 854. The third-order valence-corrected chi connectivity index (χ3v) is 6.06. The lowest BCUT2D eigenvalue weighted by molar-refractivity contribution is -0.944. The molecule has 9 nitrogen and oxygen atoms in total. The average molecular weight is 448 g/mol. The average Bonchev–Trinajstić information content (AvgIpc) is 2.78. The molecule has 2 aromatic rings. The van der Waals surface area contributed by atoms with Gasteiger partial charge < -0.3 is 29.9 Å². The van der Waals surface area contributed by atoms with Gasteiger partial charge >= 0.3 is 5.97 Å². The third kappa shape index (κ3) is 4.83. The van der Waals surface area contributed by atoms with Gasteiger partial charge in [-0.05, 0) is 24.6 Å². The second kappa shape index (κ2) is 9.62. The van der Waals surface area contributed by atoms with Crippen LogP contribution < -0.4 is 0 Å². The number of carbonyl (C=O) groups is 1. The molecule has 1 unspecified atom stereocenters. The first-order valence-corrected chi connectivity index (χ1v) is 10.4. The van der Waals surface area contributed by atoms with Gasteiger partial charge in [0.15, 0.2) is 12.2 Å². The van der Waals surface area contributed by atoms with E-state index in [1.807, 2.05) is 55.5 Å². The lowest BCUT2D eigenvalue weighted by Crippen LogP contribution is -2.68. The van der Waals surface area contributed by atoms with Crippen molar-refractivity contribution in [1.82, 2.24) is 4.98 Å². The normalized spacial score (nSPS) is 28.1. The fourth-order valence-corrected chi connectivity index (χ4v) is 3.96. The molecule has 1 aromatic carbocycles. The van der Waals surface area contributed by atoms with Crippen molar-refractivity contribution >= 4 is 5.97 Å². The Labute approximate surface area is 187 Å². The molecule has 1 fully saturated rings. The number of carboxylic acid groups (broad SMARTS) is 1. The van der Waals surface area contributed by atoms with Gasteiger partial charge in [-0.25, -0.2) is 4.79 Å². The maximum absolute atomic E-state index is 11.4. The van der Waals surface area contributed by atoms with Crippen LogP contribution in [0.25, 0.3) is 0 Å². The van der Waals surface area contributed by atoms with E-state index in [0.717, 1.165) is 11.3 Å². The maximum atomic E-state index is 11.4. The van der Waals surface area contributed by atoms with E-state index in [1.54, 1.807) is 20.3 Å². The minimum Gasteiger partial charge on any atom is -0.479 e. The van der Waals surface area contributed by atoms with Crippen LogP contribution in [-0.4, -0.2) is 93.8 Å². The van der Waals surface area contributed by atoms with E-state index in [4.69, 9.17) is 9.47 Å². The number of aliphatic hydroxyl groups excluding tert-OH is 3. The Kier molecular flexibility index (Phi) is 7.29. The second-order valence-corrected chi connectivity index (χ2v) is 8.72. The Morgan fingerprint density at radius 3 is 2.31 bits per heavy atom. The SMILES string of the molecule is CC(OCC[N+](C)(C)[C@@H]1O[C@H](C(=O)O)[C@@H](O)[C@H](O)[C@H]1O)(c1ccccc1)c1ccccn1. The summed E-state index contributed by atoms with van der Waals surface area (Å²) in [5.74, 6) is -1.41. The summed E-state index contributed by atoms with van der Waals surface area (Å²) in [4.78, 5) is 15.9. The van der Waals surface area contributed by atoms with Gasteiger partial charge in [0.05, 0.1) is 26.4 Å². The molecule has 2 heterocycles. The van der Waals surface area contributed by atoms with E-state index in [-0.39, 0.29) is 11.1 Å². The van der Waals surface area contributed by atoms with Crippen molar-refractivity contribution in [2.45, 2.75) is 43.2 Å². The van der Waals surface area contributed by atoms with Crippen LogP contribution in [0.15, 0.2) is 54.7 Å². The number of nitrogens with zero attached hydrogens (tertiary/aromatic N) is 2. The fraction of sp³-hybridized carbons (Fsp3) is 0.478. The monoisotopic (exact) mass is 447 g/mol. The van der Waals surface area contributed by atoms with Crippen molar-refractivity contribution < 1.29 is 39.2 Å². The van der Waals surface area contributed by atoms with E-state index >= 15 is 0 Å². The van der Waals surface area contributed by atoms with Crippen molar-refractivity contribution in [3.63, 3.8) is 0 Å². The smallest absolute Gasteiger partial charge is 0.335 e. The number of pyridine rings is 1. The minimum absolute atomic E-state index is 0.00180. The molecule has 1 saturated heterocycles. The highest BCUT2D eigenvalue weighted by molar-refractivity contribution is 5.73. The van der Waals surface area contributed by atoms with Crippen molar-refractivity contribution in [3.05, 3.63) is 66.0 Å². The standard InChI is InChI=1S/C23H30N2O7/c1-23(15-9-5-4-6-10-15,16-11-7-8-12-24-16)31-14-13-25(2,3)21-19(28)17(26)18(27)20(32-21)22(29)30/h4-12,17-21,26-28H,13-14H2,1-3H3/p+1/t17-,18-,19+,20-,21+,23?/m0/s1. The van der Waals surface area contributed by atoms with Gasteiger partial charge in [0.2, 0.25) is 6.23 Å². The number of benzene rings is 1. The zero-order valence-electron chi connectivity index (χ0n) is 18.4. The summed E-state index contributed by atoms with van der Waals surface area (Å²) < 4.78 is 11.8. The summed E-state index contributed by atoms with van der Waals surface area (Å²) in [5, 5.41) is 39.9. The van der Waals surface area contributed by atoms with E-state index in [1.165, 1.54) is 0 Å². The van der Waals surface area contributed by atoms with E-state index in [0.29, 0.717) is 6.54 Å². The lowest BCUT2D eigenvalue weighted by atomic mass is 9.91. The largest absolute Gasteiger partial charge is 0.479 e. The third-order valence-electron chi connectivity index (χ3n) is 6.06. The van der Waals surface area contributed by atoms with Crippen molar-refractivity contribution in [2.24, 2.45) is 0 Å². The molecule has 3 rings (SSSR count). The number of aromatic nitrogens is 1. The molecule has 0 bridgehead atoms. The number of hydrogen-bond acceptors (Lipinski definition) is 7. The Hall–Kier alpha value is -2.40. The van der Waals surface area contributed by atoms with Crippen LogP contribution in [0.5, 0.6) is 0 Å². The topological polar surface area (TPSA) is 129 Å². The summed E-state index contributed by atoms with van der Waals surface area (Å²) in [7, 11) is 3.47. The Morgan fingerprint density at radius 1 is 1.06 bits per heavy atom. The molecule has 0 radical (unpaired) electrons. The van der Waals surface area contributed by atoms with Crippen LogP contribution in [0.3, 0.4) is 0 Å². The van der Waals surface area contributed by atoms with Crippen LogP contribution in [0.1, 0.15) is 18.2 Å². The summed E-state index contributed by atoms with van der Waals surface area (Å²) in [5.41, 5.74) is 0.811. The van der Waals surface area contributed by atoms with E-state index in [9.17, 15) is 25.2 Å². The number of aliphatic hydroxyl groups is 3. The van der Waals surface area contributed by atoms with Crippen molar-refractivity contribution in [2.75, 3.05) is 27.2 Å². The van der Waals surface area contributed by atoms with Gasteiger partial charge in [-0.2, -0.15) is 0 Å². The molecule has 32 heavy (non-hydrogen) atoms. The maximum Gasteiger partial charge on any atom is 0.335 e. The molecular weight excluding hydrogens is 416 g/mol. The first-order chi connectivity index (χ1) is 15.1. The van der Waals surface area contributed by atoms with Gasteiger partial charge in [-0.15, -0.1) is 0 Å². The zero-order valence-corrected chi connectivity index (χ0v) is 18.4. The molecule has 1 aliphatic heterocycles. The highest BCUT2D eigenvalue weighted by Gasteiger charge is 2.52. The molecule has 9 heteroatoms. The van der Waals surface area contributed by atoms with Crippen LogP contribution in [-0.2, 0) is 19.9 Å². The number of carboxylic acids is 1. The summed E-state index contributed by atoms with van der Waals surface area (Å²) in [6.07, 6.45) is -5.84. The summed E-state index contributed by atoms with van der Waals surface area (Å²) >= 11 is 0. The van der Waals surface area contributed by atoms with Gasteiger partial charge in [0, 0.05) is 6.20 Å². The molecule has 1 aliphatic rings. The van der Waals surface area contributed by atoms with E-state index in [2.05, 4.69) is 4.98 Å². The van der Waals surface area contributed by atoms with Gasteiger partial charge in [-0.1, -0.05) is 36.4 Å². The zero-order chi connectivity index (χ0) is 23.5. The molecule has 174 valence electrons. The number of hydrogen-bond donors (Lipinski definition) is 4. The number of aliphatic carboxylic acids is 1. The van der Waals surface area contributed by atoms with Gasteiger partial charge in [-0.3, -0.25) is 9.47 Å². The number of quaternary nitrogens is 1. The van der Waals surface area contributed by atoms with E-state index < -0.39 is 42.2 Å². The molecule has 4 N–H and O–H groups in total. The molecule has 0 saturated carbocycles.